The number of rotatable bonds is 5. The maximum absolute atomic E-state index is 13.8. The van der Waals surface area contributed by atoms with Crippen LogP contribution in [0, 0.1) is 6.92 Å². The van der Waals surface area contributed by atoms with E-state index in [-0.39, 0.29) is 17.1 Å². The summed E-state index contributed by atoms with van der Waals surface area (Å²) in [5.41, 5.74) is 2.05. The van der Waals surface area contributed by atoms with Crippen LogP contribution in [0.15, 0.2) is 82.5 Å². The number of amides is 1. The van der Waals surface area contributed by atoms with Gasteiger partial charge >= 0.3 is 0 Å². The van der Waals surface area contributed by atoms with E-state index in [1.54, 1.807) is 36.4 Å². The zero-order valence-electron chi connectivity index (χ0n) is 18.8. The molecule has 8 heteroatoms. The minimum atomic E-state index is -0.949. The maximum atomic E-state index is 13.8. The van der Waals surface area contributed by atoms with Crippen molar-refractivity contribution in [2.24, 2.45) is 0 Å². The average molecular weight is 490 g/mol. The summed E-state index contributed by atoms with van der Waals surface area (Å²) in [4.78, 5) is 28.5. The van der Waals surface area contributed by atoms with Gasteiger partial charge in [-0.1, -0.05) is 41.9 Å². The van der Waals surface area contributed by atoms with Gasteiger partial charge in [-0.2, -0.15) is 0 Å². The quantitative estimate of drug-likeness (QED) is 0.339. The molecule has 7 nitrogen and oxygen atoms in total. The lowest BCUT2D eigenvalue weighted by Crippen LogP contribution is -2.31. The molecule has 35 heavy (non-hydrogen) atoms. The molecule has 4 aromatic rings. The van der Waals surface area contributed by atoms with Crippen LogP contribution in [0.25, 0.3) is 11.0 Å². The Hall–Kier alpha value is -4.23. The first-order valence-corrected chi connectivity index (χ1v) is 11.1. The van der Waals surface area contributed by atoms with E-state index in [9.17, 15) is 19.8 Å². The molecule has 1 aromatic heterocycles. The number of ether oxygens (including phenoxy) is 1. The van der Waals surface area contributed by atoms with Gasteiger partial charge in [0.05, 0.1) is 18.7 Å². The Morgan fingerprint density at radius 1 is 1.06 bits per heavy atom. The molecule has 0 fully saturated rings. The van der Waals surface area contributed by atoms with Gasteiger partial charge in [0.25, 0.3) is 5.91 Å². The third-order valence-corrected chi connectivity index (χ3v) is 6.25. The van der Waals surface area contributed by atoms with Crippen molar-refractivity contribution in [3.05, 3.63) is 100.0 Å². The van der Waals surface area contributed by atoms with Gasteiger partial charge in [-0.3, -0.25) is 14.5 Å². The number of furan rings is 1. The molecular formula is C27H20ClNO6. The highest BCUT2D eigenvalue weighted by molar-refractivity contribution is 6.31. The molecule has 2 heterocycles. The number of para-hydroxylation sites is 1. The molecule has 1 unspecified atom stereocenters. The zero-order chi connectivity index (χ0) is 24.9. The number of aromatic hydroxyl groups is 1. The number of hydrogen-bond acceptors (Lipinski definition) is 6. The molecule has 0 bridgehead atoms. The molecule has 1 atom stereocenters. The summed E-state index contributed by atoms with van der Waals surface area (Å²) in [5, 5.41) is 21.7. The number of phenolic OH excluding ortho intramolecular Hbond substituents is 1. The first-order valence-electron chi connectivity index (χ1n) is 10.7. The molecule has 3 aromatic carbocycles. The monoisotopic (exact) mass is 489 g/mol. The van der Waals surface area contributed by atoms with E-state index in [1.807, 2.05) is 19.1 Å². The predicted molar refractivity (Wildman–Crippen MR) is 131 cm³/mol. The van der Waals surface area contributed by atoms with Crippen molar-refractivity contribution < 1.29 is 29.0 Å². The third kappa shape index (κ3) is 3.70. The minimum Gasteiger partial charge on any atom is -0.508 e. The Bertz CT molecular complexity index is 1520. The Kier molecular flexibility index (Phi) is 5.49. The van der Waals surface area contributed by atoms with Gasteiger partial charge in [-0.15, -0.1) is 0 Å². The van der Waals surface area contributed by atoms with Crippen molar-refractivity contribution in [1.29, 1.82) is 0 Å². The van der Waals surface area contributed by atoms with E-state index >= 15 is 0 Å². The average Bonchev–Trinajstić information content (AvgIpc) is 3.38. The largest absolute Gasteiger partial charge is 0.508 e. The summed E-state index contributed by atoms with van der Waals surface area (Å²) >= 11 is 6.15. The second kappa shape index (κ2) is 8.52. The molecule has 1 aliphatic heterocycles. The van der Waals surface area contributed by atoms with E-state index in [4.69, 9.17) is 20.8 Å². The molecule has 1 aliphatic rings. The number of benzene rings is 3. The van der Waals surface area contributed by atoms with E-state index in [1.165, 1.54) is 30.2 Å². The number of nitrogens with zero attached hydrogens (tertiary/aromatic N) is 1. The van der Waals surface area contributed by atoms with Gasteiger partial charge in [0, 0.05) is 22.2 Å². The molecule has 0 radical (unpaired) electrons. The van der Waals surface area contributed by atoms with Gasteiger partial charge in [-0.05, 0) is 48.4 Å². The van der Waals surface area contributed by atoms with Crippen molar-refractivity contribution in [2.45, 2.75) is 13.0 Å². The van der Waals surface area contributed by atoms with Crippen LogP contribution >= 0.6 is 11.6 Å². The Balaban J connectivity index is 1.68. The molecule has 0 saturated heterocycles. The molecule has 176 valence electrons. The van der Waals surface area contributed by atoms with Crippen molar-refractivity contribution in [1.82, 2.24) is 0 Å². The second-order valence-corrected chi connectivity index (χ2v) is 8.62. The van der Waals surface area contributed by atoms with Crippen LogP contribution in [0.3, 0.4) is 0 Å². The Morgan fingerprint density at radius 2 is 1.77 bits per heavy atom. The van der Waals surface area contributed by atoms with Crippen molar-refractivity contribution in [2.75, 3.05) is 12.0 Å². The van der Waals surface area contributed by atoms with E-state index in [0.717, 1.165) is 5.56 Å². The lowest BCUT2D eigenvalue weighted by molar-refractivity contribution is -0.117. The molecule has 1 amide bonds. The number of anilines is 1. The number of halogens is 1. The topological polar surface area (TPSA) is 100 Å². The van der Waals surface area contributed by atoms with Crippen LogP contribution in [0.5, 0.6) is 11.5 Å². The minimum absolute atomic E-state index is 0.0304. The van der Waals surface area contributed by atoms with Crippen LogP contribution in [0.2, 0.25) is 5.02 Å². The third-order valence-electron chi connectivity index (χ3n) is 6.03. The standard InChI is InChI=1S/C27H20ClNO6/c1-14-5-3-4-6-19(14)29-23(15-7-9-18(30)10-8-15)22(25(32)27(29)33)24(31)20-12-16-11-17(28)13-21(34-2)26(16)35-20/h3-13,23,30,32H,1-2H3. The SMILES string of the molecule is COc1cc(Cl)cc2cc(C(=O)C3=C(O)C(=O)N(c4ccccc4C)C3c3ccc(O)cc3)oc12. The normalized spacial score (nSPS) is 15.8. The molecule has 2 N–H and O–H groups in total. The molecule has 0 spiro atoms. The maximum Gasteiger partial charge on any atom is 0.294 e. The summed E-state index contributed by atoms with van der Waals surface area (Å²) in [6.45, 7) is 1.84. The van der Waals surface area contributed by atoms with Crippen molar-refractivity contribution in [3.63, 3.8) is 0 Å². The number of carbonyl (C=O) groups is 2. The number of aryl methyl sites for hydroxylation is 1. The number of methoxy groups -OCH3 is 1. The highest BCUT2D eigenvalue weighted by atomic mass is 35.5. The highest BCUT2D eigenvalue weighted by Gasteiger charge is 2.45. The number of aliphatic hydroxyl groups excluding tert-OH is 1. The fourth-order valence-corrected chi connectivity index (χ4v) is 4.59. The van der Waals surface area contributed by atoms with Crippen LogP contribution in [-0.4, -0.2) is 29.0 Å². The van der Waals surface area contributed by atoms with Gasteiger partial charge in [0.2, 0.25) is 5.78 Å². The number of Topliss-reactive ketones (excluding diaryl/α,β-unsaturated/α-hetero) is 1. The first kappa shape index (κ1) is 22.6. The second-order valence-electron chi connectivity index (χ2n) is 8.18. The van der Waals surface area contributed by atoms with Crippen LogP contribution in [-0.2, 0) is 4.79 Å². The molecular weight excluding hydrogens is 470 g/mol. The summed E-state index contributed by atoms with van der Waals surface area (Å²) < 4.78 is 11.1. The Labute approximate surface area is 205 Å². The van der Waals surface area contributed by atoms with Crippen LogP contribution in [0.4, 0.5) is 5.69 Å². The number of phenols is 1. The number of hydrogen-bond donors (Lipinski definition) is 2. The van der Waals surface area contributed by atoms with Crippen molar-refractivity contribution >= 4 is 39.9 Å². The number of ketones is 1. The van der Waals surface area contributed by atoms with Crippen LogP contribution in [0.1, 0.15) is 27.7 Å². The summed E-state index contributed by atoms with van der Waals surface area (Å²) in [5.74, 6) is -1.73. The fraction of sp³-hybridized carbons (Fsp3) is 0.111. The van der Waals surface area contributed by atoms with E-state index in [2.05, 4.69) is 0 Å². The molecule has 0 saturated carbocycles. The number of fused-ring (bicyclic) bond motifs is 1. The fourth-order valence-electron chi connectivity index (χ4n) is 4.37. The first-order chi connectivity index (χ1) is 16.8. The summed E-state index contributed by atoms with van der Waals surface area (Å²) in [6.07, 6.45) is 0. The highest BCUT2D eigenvalue weighted by Crippen LogP contribution is 2.44. The predicted octanol–water partition coefficient (Wildman–Crippen LogP) is 5.89. The number of aliphatic hydroxyl groups is 1. The van der Waals surface area contributed by atoms with Gasteiger partial charge in [-0.25, -0.2) is 0 Å². The molecule has 5 rings (SSSR count). The Morgan fingerprint density at radius 3 is 2.46 bits per heavy atom. The van der Waals surface area contributed by atoms with Gasteiger partial charge in [0.1, 0.15) is 5.75 Å². The molecule has 0 aliphatic carbocycles. The van der Waals surface area contributed by atoms with Crippen LogP contribution < -0.4 is 9.64 Å². The van der Waals surface area contributed by atoms with Gasteiger partial charge in [0.15, 0.2) is 22.9 Å². The summed E-state index contributed by atoms with van der Waals surface area (Å²) in [7, 11) is 1.46. The zero-order valence-corrected chi connectivity index (χ0v) is 19.5. The smallest absolute Gasteiger partial charge is 0.294 e. The summed E-state index contributed by atoms with van der Waals surface area (Å²) in [6, 6.07) is 17.1. The van der Waals surface area contributed by atoms with E-state index < -0.39 is 23.5 Å². The van der Waals surface area contributed by atoms with Crippen molar-refractivity contribution in [3.8, 4) is 11.5 Å². The number of carbonyl (C=O) groups excluding carboxylic acids is 2. The lowest BCUT2D eigenvalue weighted by Gasteiger charge is -2.28. The van der Waals surface area contributed by atoms with E-state index in [0.29, 0.717) is 33.0 Å². The lowest BCUT2D eigenvalue weighted by atomic mass is 9.94. The van der Waals surface area contributed by atoms with Gasteiger partial charge < -0.3 is 19.4 Å².